The van der Waals surface area contributed by atoms with Crippen LogP contribution >= 0.6 is 11.6 Å². The van der Waals surface area contributed by atoms with Crippen LogP contribution in [0.25, 0.3) is 5.73 Å². The fraction of sp³-hybridized carbons (Fsp3) is 0.583. The van der Waals surface area contributed by atoms with E-state index in [1.165, 1.54) is 0 Å². The molecule has 8 heteroatoms. The van der Waals surface area contributed by atoms with E-state index in [0.29, 0.717) is 43.0 Å². The molecule has 6 nitrogen and oxygen atoms in total. The second-order valence-electron chi connectivity index (χ2n) is 4.21. The minimum atomic E-state index is 0. The summed E-state index contributed by atoms with van der Waals surface area (Å²) in [4.78, 5) is 6.25. The summed E-state index contributed by atoms with van der Waals surface area (Å²) in [5.74, 6) is 0.492. The number of anilines is 2. The van der Waals surface area contributed by atoms with Crippen LogP contribution in [0.15, 0.2) is 6.07 Å². The fourth-order valence-electron chi connectivity index (χ4n) is 1.95. The van der Waals surface area contributed by atoms with E-state index < -0.39 is 0 Å². The molecule has 0 unspecified atom stereocenters. The molecule has 1 fully saturated rings. The number of hydrogen-bond donors (Lipinski definition) is 1. The van der Waals surface area contributed by atoms with Crippen molar-refractivity contribution in [3.05, 3.63) is 17.0 Å². The van der Waals surface area contributed by atoms with Crippen molar-refractivity contribution in [2.75, 3.05) is 56.8 Å². The van der Waals surface area contributed by atoms with E-state index in [-0.39, 0.29) is 51.4 Å². The molecule has 1 aliphatic rings. The summed E-state index contributed by atoms with van der Waals surface area (Å²) in [6, 6.07) is 1.73. The molecular formula is C12H18ClKN4O2. The van der Waals surface area contributed by atoms with Gasteiger partial charge in [-0.25, -0.2) is 4.98 Å². The van der Waals surface area contributed by atoms with Gasteiger partial charge in [-0.3, -0.25) is 0 Å². The monoisotopic (exact) mass is 324 g/mol. The Hall–Kier alpha value is 0.396. The van der Waals surface area contributed by atoms with E-state index in [2.05, 4.69) is 15.2 Å². The average Bonchev–Trinajstić information content (AvgIpc) is 2.43. The molecule has 2 heterocycles. The second kappa shape index (κ2) is 9.42. The van der Waals surface area contributed by atoms with Crippen molar-refractivity contribution in [1.82, 2.24) is 4.98 Å². The maximum atomic E-state index is 8.21. The van der Waals surface area contributed by atoms with Gasteiger partial charge in [0.2, 0.25) is 0 Å². The normalized spacial score (nSPS) is 14.8. The minimum Gasteiger partial charge on any atom is -0.694 e. The Kier molecular flexibility index (Phi) is 8.69. The molecule has 2 rings (SSSR count). The zero-order valence-electron chi connectivity index (χ0n) is 11.9. The number of rotatable bonds is 5. The van der Waals surface area contributed by atoms with E-state index in [9.17, 15) is 0 Å². The first-order valence-electron chi connectivity index (χ1n) is 6.20. The topological polar surface area (TPSA) is 70.4 Å². The summed E-state index contributed by atoms with van der Waals surface area (Å²) >= 11 is 6.03. The van der Waals surface area contributed by atoms with Crippen LogP contribution in [0.2, 0.25) is 5.15 Å². The molecule has 0 aromatic carbocycles. The van der Waals surface area contributed by atoms with Crippen LogP contribution < -0.4 is 61.6 Å². The number of pyridine rings is 1. The van der Waals surface area contributed by atoms with Crippen molar-refractivity contribution in [2.24, 2.45) is 0 Å². The summed E-state index contributed by atoms with van der Waals surface area (Å²) in [5, 5.41) is 3.45. The molecule has 0 radical (unpaired) electrons. The van der Waals surface area contributed by atoms with Gasteiger partial charge in [0.1, 0.15) is 11.0 Å². The summed E-state index contributed by atoms with van der Waals surface area (Å²) in [5.41, 5.74) is 9.37. The van der Waals surface area contributed by atoms with E-state index in [1.54, 1.807) is 13.2 Å². The number of methoxy groups -OCH3 is 1. The summed E-state index contributed by atoms with van der Waals surface area (Å²) < 4.78 is 10.3. The van der Waals surface area contributed by atoms with Gasteiger partial charge in [0.05, 0.1) is 19.8 Å². The van der Waals surface area contributed by atoms with Crippen LogP contribution in [0.5, 0.6) is 0 Å². The average molecular weight is 325 g/mol. The Labute approximate surface area is 166 Å². The molecule has 1 saturated heterocycles. The molecule has 106 valence electrons. The van der Waals surface area contributed by atoms with Crippen molar-refractivity contribution in [3.63, 3.8) is 0 Å². The molecule has 1 aliphatic heterocycles. The first-order chi connectivity index (χ1) is 9.22. The van der Waals surface area contributed by atoms with Gasteiger partial charge in [-0.15, -0.1) is 0 Å². The molecule has 2 N–H and O–H groups in total. The Balaban J connectivity index is 0.00000200. The van der Waals surface area contributed by atoms with Gasteiger partial charge < -0.3 is 25.4 Å². The van der Waals surface area contributed by atoms with Gasteiger partial charge in [0.25, 0.3) is 0 Å². The van der Waals surface area contributed by atoms with E-state index in [1.807, 2.05) is 0 Å². The zero-order valence-corrected chi connectivity index (χ0v) is 15.8. The number of nitrogens with zero attached hydrogens (tertiary/aromatic N) is 2. The molecule has 0 spiro atoms. The third-order valence-electron chi connectivity index (χ3n) is 2.92. The second-order valence-corrected chi connectivity index (χ2v) is 4.59. The summed E-state index contributed by atoms with van der Waals surface area (Å²) in [6.45, 7) is 4.03. The van der Waals surface area contributed by atoms with Crippen LogP contribution in [-0.2, 0) is 9.47 Å². The molecular weight excluding hydrogens is 307 g/mol. The minimum absolute atomic E-state index is 0. The van der Waals surface area contributed by atoms with Crippen LogP contribution in [0.1, 0.15) is 0 Å². The molecule has 0 aliphatic carbocycles. The van der Waals surface area contributed by atoms with Crippen molar-refractivity contribution in [1.29, 1.82) is 0 Å². The van der Waals surface area contributed by atoms with Crippen molar-refractivity contribution in [2.45, 2.75) is 0 Å². The first-order valence-corrected chi connectivity index (χ1v) is 6.58. The summed E-state index contributed by atoms with van der Waals surface area (Å²) in [7, 11) is 1.63. The van der Waals surface area contributed by atoms with Gasteiger partial charge in [0, 0.05) is 32.4 Å². The zero-order chi connectivity index (χ0) is 13.7. The molecule has 1 aromatic rings. The van der Waals surface area contributed by atoms with Gasteiger partial charge >= 0.3 is 51.4 Å². The molecule has 0 saturated carbocycles. The van der Waals surface area contributed by atoms with E-state index >= 15 is 0 Å². The molecule has 20 heavy (non-hydrogen) atoms. The molecule has 1 aromatic heterocycles. The Morgan fingerprint density at radius 3 is 2.85 bits per heavy atom. The van der Waals surface area contributed by atoms with Crippen LogP contribution in [0.3, 0.4) is 0 Å². The van der Waals surface area contributed by atoms with Crippen LogP contribution in [-0.4, -0.2) is 51.5 Å². The fourth-order valence-corrected chi connectivity index (χ4v) is 2.14. The van der Waals surface area contributed by atoms with Gasteiger partial charge in [-0.2, -0.15) is 0 Å². The van der Waals surface area contributed by atoms with E-state index in [4.69, 9.17) is 26.8 Å². The third-order valence-corrected chi connectivity index (χ3v) is 3.11. The first kappa shape index (κ1) is 18.4. The van der Waals surface area contributed by atoms with Gasteiger partial charge in [-0.1, -0.05) is 17.3 Å². The largest absolute Gasteiger partial charge is 1.00 e. The maximum Gasteiger partial charge on any atom is 1.00 e. The number of aromatic nitrogens is 1. The van der Waals surface area contributed by atoms with Crippen LogP contribution in [0, 0.1) is 0 Å². The maximum absolute atomic E-state index is 8.21. The van der Waals surface area contributed by atoms with Crippen LogP contribution in [0.4, 0.5) is 17.2 Å². The SMILES string of the molecule is COCCNc1nc(Cl)cc(N2CCOCC2)c1[NH-].[K+]. The number of ether oxygens (including phenoxy) is 2. The number of nitrogens with one attached hydrogen (secondary N) is 2. The summed E-state index contributed by atoms with van der Waals surface area (Å²) in [6.07, 6.45) is 0. The third kappa shape index (κ3) is 4.99. The van der Waals surface area contributed by atoms with Crippen molar-refractivity contribution >= 4 is 28.8 Å². The Morgan fingerprint density at radius 2 is 2.20 bits per heavy atom. The van der Waals surface area contributed by atoms with Crippen molar-refractivity contribution < 1.29 is 60.9 Å². The standard InChI is InChI=1S/C12H18ClN4O2.K/c1-18-5-2-15-12-11(14)9(8-10(13)16-12)17-3-6-19-7-4-17;/h8,14H,2-7H2,1H3,(H,15,16);/q-1;+1. The number of morpholine rings is 1. The molecule has 0 amide bonds. The predicted octanol–water partition coefficient (Wildman–Crippen LogP) is -0.682. The molecule has 0 bridgehead atoms. The number of halogens is 1. The van der Waals surface area contributed by atoms with Gasteiger partial charge in [0.15, 0.2) is 0 Å². The van der Waals surface area contributed by atoms with Gasteiger partial charge in [-0.05, 0) is 6.07 Å². The van der Waals surface area contributed by atoms with E-state index in [0.717, 1.165) is 18.8 Å². The predicted molar refractivity (Wildman–Crippen MR) is 76.6 cm³/mol. The van der Waals surface area contributed by atoms with Crippen molar-refractivity contribution in [3.8, 4) is 0 Å². The Morgan fingerprint density at radius 1 is 1.50 bits per heavy atom. The number of hydrogen-bond acceptors (Lipinski definition) is 5. The smallest absolute Gasteiger partial charge is 0.694 e. The quantitative estimate of drug-likeness (QED) is 0.441. The molecule has 0 atom stereocenters. The Bertz CT molecular complexity index is 430.